The van der Waals surface area contributed by atoms with E-state index in [1.54, 1.807) is 48.2 Å². The van der Waals surface area contributed by atoms with Crippen LogP contribution >= 0.6 is 0 Å². The molecular weight excluding hydrogens is 434 g/mol. The van der Waals surface area contributed by atoms with E-state index in [2.05, 4.69) is 14.9 Å². The van der Waals surface area contributed by atoms with Crippen molar-refractivity contribution < 1.29 is 23.9 Å². The van der Waals surface area contributed by atoms with E-state index in [4.69, 9.17) is 4.74 Å². The van der Waals surface area contributed by atoms with Gasteiger partial charge in [-0.2, -0.15) is 0 Å². The molecule has 1 saturated heterocycles. The Kier molecular flexibility index (Phi) is 5.70. The maximum Gasteiger partial charge on any atom is 0.337 e. The molecule has 0 atom stereocenters. The number of benzene rings is 2. The Hall–Kier alpha value is -3.85. The second kappa shape index (κ2) is 8.83. The van der Waals surface area contributed by atoms with Gasteiger partial charge in [0.15, 0.2) is 12.7 Å². The monoisotopic (exact) mass is 460 g/mol. The van der Waals surface area contributed by atoms with Crippen LogP contribution in [0.25, 0.3) is 0 Å². The van der Waals surface area contributed by atoms with E-state index < -0.39 is 0 Å². The SMILES string of the molecule is COC(=O)c1ccc(N2CCN(CCn3c4c(n[n+]3C)C(=O)c3ccccc3C4=O)CC2)cc1. The van der Waals surface area contributed by atoms with Crippen LogP contribution in [0.3, 0.4) is 0 Å². The summed E-state index contributed by atoms with van der Waals surface area (Å²) in [6.45, 7) is 4.76. The third-order valence-electron chi connectivity index (χ3n) is 6.58. The second-order valence-corrected chi connectivity index (χ2v) is 8.48. The van der Waals surface area contributed by atoms with E-state index in [-0.39, 0.29) is 23.2 Å². The number of rotatable bonds is 5. The molecule has 1 aliphatic heterocycles. The van der Waals surface area contributed by atoms with Crippen LogP contribution in [0.1, 0.15) is 42.5 Å². The molecular formula is C25H26N5O4+. The summed E-state index contributed by atoms with van der Waals surface area (Å²) in [7, 11) is 3.14. The minimum atomic E-state index is -0.338. The van der Waals surface area contributed by atoms with Crippen molar-refractivity contribution in [3.63, 3.8) is 0 Å². The first-order valence-corrected chi connectivity index (χ1v) is 11.3. The molecule has 0 radical (unpaired) electrons. The normalized spacial score (nSPS) is 15.8. The van der Waals surface area contributed by atoms with Crippen LogP contribution in [0.4, 0.5) is 5.69 Å². The zero-order valence-electron chi connectivity index (χ0n) is 19.2. The van der Waals surface area contributed by atoms with E-state index in [1.165, 1.54) is 7.11 Å². The molecule has 9 nitrogen and oxygen atoms in total. The highest BCUT2D eigenvalue weighted by Crippen LogP contribution is 2.25. The number of nitrogens with zero attached hydrogens (tertiary/aromatic N) is 5. The average Bonchev–Trinajstić information content (AvgIpc) is 3.22. The van der Waals surface area contributed by atoms with Gasteiger partial charge in [0, 0.05) is 54.6 Å². The third kappa shape index (κ3) is 3.77. The van der Waals surface area contributed by atoms with Crippen molar-refractivity contribution in [2.75, 3.05) is 44.7 Å². The van der Waals surface area contributed by atoms with Crippen molar-refractivity contribution in [1.82, 2.24) is 14.7 Å². The number of esters is 1. The van der Waals surface area contributed by atoms with E-state index in [9.17, 15) is 14.4 Å². The van der Waals surface area contributed by atoms with E-state index in [0.717, 1.165) is 38.4 Å². The maximum atomic E-state index is 13.1. The number of fused-ring (bicyclic) bond motifs is 2. The van der Waals surface area contributed by atoms with Crippen molar-refractivity contribution in [2.45, 2.75) is 6.54 Å². The number of aromatic nitrogens is 3. The van der Waals surface area contributed by atoms with Gasteiger partial charge in [0.05, 0.1) is 19.2 Å². The predicted molar refractivity (Wildman–Crippen MR) is 123 cm³/mol. The summed E-state index contributed by atoms with van der Waals surface area (Å²) >= 11 is 0. The Labute approximate surface area is 197 Å². The minimum absolute atomic E-state index is 0.154. The van der Waals surface area contributed by atoms with Crippen molar-refractivity contribution in [2.24, 2.45) is 7.05 Å². The van der Waals surface area contributed by atoms with Gasteiger partial charge in [-0.3, -0.25) is 14.5 Å². The maximum absolute atomic E-state index is 13.1. The molecule has 5 rings (SSSR count). The van der Waals surface area contributed by atoms with Crippen LogP contribution in [0.2, 0.25) is 0 Å². The lowest BCUT2D eigenvalue weighted by atomic mass is 9.90. The fourth-order valence-electron chi connectivity index (χ4n) is 4.67. The summed E-state index contributed by atoms with van der Waals surface area (Å²) in [6.07, 6.45) is 0. The topological polar surface area (TPSA) is 88.6 Å². The number of carbonyl (C=O) groups is 3. The van der Waals surface area contributed by atoms with Crippen LogP contribution in [-0.2, 0) is 18.3 Å². The Bertz CT molecular complexity index is 1270. The highest BCUT2D eigenvalue weighted by atomic mass is 16.5. The molecule has 2 aromatic carbocycles. The quantitative estimate of drug-likeness (QED) is 0.325. The van der Waals surface area contributed by atoms with Crippen LogP contribution in [0.15, 0.2) is 48.5 Å². The predicted octanol–water partition coefficient (Wildman–Crippen LogP) is 1.09. The smallest absolute Gasteiger partial charge is 0.337 e. The molecule has 34 heavy (non-hydrogen) atoms. The molecule has 0 amide bonds. The lowest BCUT2D eigenvalue weighted by Gasteiger charge is -2.36. The summed E-state index contributed by atoms with van der Waals surface area (Å²) in [6, 6.07) is 14.4. The Morgan fingerprint density at radius 1 is 0.941 bits per heavy atom. The number of piperazine rings is 1. The van der Waals surface area contributed by atoms with E-state index in [1.807, 2.05) is 16.8 Å². The average molecular weight is 461 g/mol. The minimum Gasteiger partial charge on any atom is -0.465 e. The lowest BCUT2D eigenvalue weighted by Crippen LogP contribution is -2.49. The van der Waals surface area contributed by atoms with Crippen molar-refractivity contribution in [3.05, 3.63) is 76.6 Å². The number of carbonyl (C=O) groups excluding carboxylic acids is 3. The molecule has 0 unspecified atom stereocenters. The molecule has 0 saturated carbocycles. The number of aryl methyl sites for hydroxylation is 1. The summed E-state index contributed by atoms with van der Waals surface area (Å²) in [4.78, 5) is 43.9. The first-order chi connectivity index (χ1) is 16.5. The molecule has 1 aliphatic carbocycles. The number of ether oxygens (including phenoxy) is 1. The van der Waals surface area contributed by atoms with Gasteiger partial charge in [-0.25, -0.2) is 4.79 Å². The summed E-state index contributed by atoms with van der Waals surface area (Å²) in [5, 5.41) is 4.37. The molecule has 9 heteroatoms. The third-order valence-corrected chi connectivity index (χ3v) is 6.58. The van der Waals surface area contributed by atoms with Crippen molar-refractivity contribution >= 4 is 23.2 Å². The Morgan fingerprint density at radius 3 is 2.24 bits per heavy atom. The van der Waals surface area contributed by atoms with E-state index in [0.29, 0.717) is 28.9 Å². The largest absolute Gasteiger partial charge is 0.465 e. The number of hydrogen-bond donors (Lipinski definition) is 0. The summed E-state index contributed by atoms with van der Waals surface area (Å²) in [5.74, 6) is -0.695. The van der Waals surface area contributed by atoms with Gasteiger partial charge in [0.25, 0.3) is 0 Å². The Balaban J connectivity index is 1.24. The summed E-state index contributed by atoms with van der Waals surface area (Å²) < 4.78 is 6.57. The van der Waals surface area contributed by atoms with Crippen molar-refractivity contribution in [3.8, 4) is 0 Å². The fourth-order valence-corrected chi connectivity index (χ4v) is 4.67. The van der Waals surface area contributed by atoms with Gasteiger partial charge in [-0.15, -0.1) is 4.68 Å². The first-order valence-electron chi connectivity index (χ1n) is 11.3. The molecule has 174 valence electrons. The molecule has 3 aromatic rings. The van der Waals surface area contributed by atoms with Gasteiger partial charge < -0.3 is 9.64 Å². The highest BCUT2D eigenvalue weighted by molar-refractivity contribution is 6.26. The van der Waals surface area contributed by atoms with Crippen LogP contribution in [0.5, 0.6) is 0 Å². The van der Waals surface area contributed by atoms with E-state index >= 15 is 0 Å². The van der Waals surface area contributed by atoms with Crippen LogP contribution < -0.4 is 9.70 Å². The standard InChI is InChI=1S/C25H26N5O4/c1-27-26-21-22(24(32)20-6-4-3-5-19(20)23(21)31)30(27)16-13-28-11-14-29(15-12-28)18-9-7-17(8-10-18)25(33)34-2/h3-10H,11-16H2,1-2H3/q+1. The zero-order valence-corrected chi connectivity index (χ0v) is 19.2. The van der Waals surface area contributed by atoms with Gasteiger partial charge in [-0.05, 0) is 29.1 Å². The van der Waals surface area contributed by atoms with Gasteiger partial charge in [0.1, 0.15) is 0 Å². The molecule has 0 bridgehead atoms. The molecule has 1 fully saturated rings. The van der Waals surface area contributed by atoms with Crippen LogP contribution in [-0.4, -0.2) is 72.0 Å². The first kappa shape index (κ1) is 22.0. The number of ketones is 2. The Morgan fingerprint density at radius 2 is 1.59 bits per heavy atom. The fraction of sp³-hybridized carbons (Fsp3) is 0.320. The molecule has 0 N–H and O–H groups in total. The van der Waals surface area contributed by atoms with Gasteiger partial charge >= 0.3 is 5.97 Å². The number of methoxy groups -OCH3 is 1. The van der Waals surface area contributed by atoms with Crippen molar-refractivity contribution in [1.29, 1.82) is 0 Å². The highest BCUT2D eigenvalue weighted by Gasteiger charge is 2.39. The summed E-state index contributed by atoms with van der Waals surface area (Å²) in [5.41, 5.74) is 3.07. The number of hydrogen-bond acceptors (Lipinski definition) is 7. The zero-order chi connectivity index (χ0) is 23.8. The molecule has 2 heterocycles. The second-order valence-electron chi connectivity index (χ2n) is 8.48. The molecule has 2 aliphatic rings. The number of anilines is 1. The molecule has 0 spiro atoms. The van der Waals surface area contributed by atoms with Crippen LogP contribution in [0, 0.1) is 0 Å². The van der Waals surface area contributed by atoms with Gasteiger partial charge in [-0.1, -0.05) is 24.3 Å². The van der Waals surface area contributed by atoms with Gasteiger partial charge in [0.2, 0.25) is 17.3 Å². The molecule has 1 aromatic heterocycles. The lowest BCUT2D eigenvalue weighted by molar-refractivity contribution is -0.805.